The van der Waals surface area contributed by atoms with Crippen molar-refractivity contribution >= 4 is 16.9 Å². The molecule has 2 aliphatic rings. The first kappa shape index (κ1) is 16.3. The van der Waals surface area contributed by atoms with Gasteiger partial charge in [-0.15, -0.1) is 0 Å². The zero-order valence-corrected chi connectivity index (χ0v) is 14.8. The summed E-state index contributed by atoms with van der Waals surface area (Å²) in [5.41, 5.74) is 2.35. The Morgan fingerprint density at radius 2 is 1.96 bits per heavy atom. The molecule has 1 aliphatic heterocycles. The van der Waals surface area contributed by atoms with Gasteiger partial charge in [0.25, 0.3) is 0 Å². The minimum absolute atomic E-state index is 0.103. The third-order valence-corrected chi connectivity index (χ3v) is 5.45. The van der Waals surface area contributed by atoms with Gasteiger partial charge in [0, 0.05) is 50.3 Å². The molecule has 2 aromatic rings. The highest BCUT2D eigenvalue weighted by molar-refractivity contribution is 5.81. The van der Waals surface area contributed by atoms with Crippen molar-refractivity contribution in [2.45, 2.75) is 32.4 Å². The highest BCUT2D eigenvalue weighted by Gasteiger charge is 2.30. The zero-order valence-electron chi connectivity index (χ0n) is 14.8. The summed E-state index contributed by atoms with van der Waals surface area (Å²) in [7, 11) is 0. The van der Waals surface area contributed by atoms with Crippen LogP contribution in [0.5, 0.6) is 0 Å². The van der Waals surface area contributed by atoms with Crippen molar-refractivity contribution in [3.05, 3.63) is 42.1 Å². The monoisotopic (exact) mass is 338 g/mol. The first-order valence-corrected chi connectivity index (χ1v) is 9.31. The van der Waals surface area contributed by atoms with Crippen molar-refractivity contribution in [3.63, 3.8) is 0 Å². The number of benzene rings is 1. The largest absolute Gasteiger partial charge is 0.335 e. The predicted octanol–water partition coefficient (Wildman–Crippen LogP) is 2.86. The third-order valence-electron chi connectivity index (χ3n) is 5.45. The first-order chi connectivity index (χ1) is 12.2. The molecule has 1 saturated carbocycles. The molecule has 4 rings (SSSR count). The van der Waals surface area contributed by atoms with Gasteiger partial charge in [-0.1, -0.05) is 24.3 Å². The number of carbonyl (C=O) groups excluding carboxylic acids is 1. The number of amides is 2. The fourth-order valence-corrected chi connectivity index (χ4v) is 3.65. The molecular formula is C20H26N4O. The number of aromatic nitrogens is 1. The average Bonchev–Trinajstić information content (AvgIpc) is 3.48. The number of para-hydroxylation sites is 1. The molecule has 1 atom stereocenters. The molecule has 0 spiro atoms. The number of nitrogens with zero attached hydrogens (tertiary/aromatic N) is 3. The van der Waals surface area contributed by atoms with Gasteiger partial charge in [0.1, 0.15) is 0 Å². The Labute approximate surface area is 149 Å². The van der Waals surface area contributed by atoms with Gasteiger partial charge in [-0.25, -0.2) is 4.79 Å². The Bertz CT molecular complexity index is 745. The van der Waals surface area contributed by atoms with Crippen molar-refractivity contribution in [1.82, 2.24) is 20.1 Å². The second-order valence-electron chi connectivity index (χ2n) is 7.33. The van der Waals surface area contributed by atoms with Crippen molar-refractivity contribution in [3.8, 4) is 0 Å². The van der Waals surface area contributed by atoms with Crippen LogP contribution in [0.2, 0.25) is 0 Å². The molecule has 2 heterocycles. The Balaban J connectivity index is 1.33. The molecule has 1 aliphatic carbocycles. The van der Waals surface area contributed by atoms with Gasteiger partial charge in [-0.3, -0.25) is 9.88 Å². The van der Waals surface area contributed by atoms with Gasteiger partial charge in [0.15, 0.2) is 0 Å². The van der Waals surface area contributed by atoms with Gasteiger partial charge in [0.05, 0.1) is 5.52 Å². The van der Waals surface area contributed by atoms with E-state index in [0.29, 0.717) is 12.0 Å². The highest BCUT2D eigenvalue weighted by atomic mass is 16.2. The molecule has 1 aromatic carbocycles. The molecule has 1 aromatic heterocycles. The molecule has 0 radical (unpaired) electrons. The van der Waals surface area contributed by atoms with Crippen LogP contribution in [0.4, 0.5) is 4.79 Å². The quantitative estimate of drug-likeness (QED) is 0.932. The van der Waals surface area contributed by atoms with Crippen LogP contribution in [0, 0.1) is 5.92 Å². The van der Waals surface area contributed by atoms with Crippen molar-refractivity contribution in [2.75, 3.05) is 26.2 Å². The van der Waals surface area contributed by atoms with Crippen LogP contribution in [0.15, 0.2) is 36.5 Å². The van der Waals surface area contributed by atoms with Crippen LogP contribution >= 0.6 is 0 Å². The average molecular weight is 338 g/mol. The minimum atomic E-state index is 0.103. The summed E-state index contributed by atoms with van der Waals surface area (Å²) in [5, 5.41) is 4.35. The Morgan fingerprint density at radius 1 is 1.20 bits per heavy atom. The number of nitrogens with one attached hydrogen (secondary N) is 1. The number of rotatable bonds is 4. The summed E-state index contributed by atoms with van der Waals surface area (Å²) in [6, 6.07) is 10.9. The van der Waals surface area contributed by atoms with Gasteiger partial charge >= 0.3 is 6.03 Å². The Hall–Kier alpha value is -2.14. The lowest BCUT2D eigenvalue weighted by Crippen LogP contribution is -2.53. The van der Waals surface area contributed by atoms with Crippen molar-refractivity contribution in [2.24, 2.45) is 5.92 Å². The molecule has 0 bridgehead atoms. The second kappa shape index (κ2) is 7.00. The maximum absolute atomic E-state index is 12.4. The molecule has 25 heavy (non-hydrogen) atoms. The maximum Gasteiger partial charge on any atom is 0.317 e. The van der Waals surface area contributed by atoms with Gasteiger partial charge in [-0.05, 0) is 37.3 Å². The lowest BCUT2D eigenvalue weighted by Gasteiger charge is -2.35. The van der Waals surface area contributed by atoms with E-state index in [0.717, 1.165) is 38.2 Å². The van der Waals surface area contributed by atoms with Crippen LogP contribution in [-0.2, 0) is 6.54 Å². The summed E-state index contributed by atoms with van der Waals surface area (Å²) >= 11 is 0. The van der Waals surface area contributed by atoms with Gasteiger partial charge in [0.2, 0.25) is 0 Å². The molecule has 132 valence electrons. The van der Waals surface area contributed by atoms with Crippen LogP contribution in [0.3, 0.4) is 0 Å². The van der Waals surface area contributed by atoms with E-state index in [1.807, 2.05) is 17.2 Å². The van der Waals surface area contributed by atoms with Crippen LogP contribution in [-0.4, -0.2) is 53.0 Å². The van der Waals surface area contributed by atoms with Crippen LogP contribution < -0.4 is 5.32 Å². The predicted molar refractivity (Wildman–Crippen MR) is 99.3 cm³/mol. The number of urea groups is 1. The van der Waals surface area contributed by atoms with Crippen molar-refractivity contribution < 1.29 is 4.79 Å². The number of pyridine rings is 1. The van der Waals surface area contributed by atoms with E-state index in [1.54, 1.807) is 0 Å². The zero-order chi connectivity index (χ0) is 17.2. The Morgan fingerprint density at radius 3 is 2.72 bits per heavy atom. The molecular weight excluding hydrogens is 312 g/mol. The highest BCUT2D eigenvalue weighted by Crippen LogP contribution is 2.32. The molecule has 0 unspecified atom stereocenters. The smallest absolute Gasteiger partial charge is 0.317 e. The molecule has 2 fully saturated rings. The first-order valence-electron chi connectivity index (χ1n) is 9.31. The summed E-state index contributed by atoms with van der Waals surface area (Å²) in [6.07, 6.45) is 4.37. The Kier molecular flexibility index (Phi) is 4.57. The number of piperazine rings is 1. The number of hydrogen-bond acceptors (Lipinski definition) is 3. The van der Waals surface area contributed by atoms with Crippen LogP contribution in [0.25, 0.3) is 10.9 Å². The van der Waals surface area contributed by atoms with E-state index in [9.17, 15) is 4.79 Å². The standard InChI is InChI=1S/C20H26N4O/c1-15(16-7-8-16)22-20(25)24-12-10-23(11-13-24)14-18-5-2-4-17-6-3-9-21-19(17)18/h2-6,9,15-16H,7-8,10-14H2,1H3,(H,22,25)/t15-/m1/s1. The number of carbonyl (C=O) groups is 1. The summed E-state index contributed by atoms with van der Waals surface area (Å²) in [5.74, 6) is 0.698. The van der Waals surface area contributed by atoms with E-state index in [-0.39, 0.29) is 6.03 Å². The second-order valence-corrected chi connectivity index (χ2v) is 7.33. The summed E-state index contributed by atoms with van der Waals surface area (Å²) in [4.78, 5) is 21.3. The SMILES string of the molecule is C[C@@H](NC(=O)N1CCN(Cc2cccc3cccnc23)CC1)C1CC1. The maximum atomic E-state index is 12.4. The fraction of sp³-hybridized carbons (Fsp3) is 0.500. The van der Waals surface area contributed by atoms with Gasteiger partial charge in [-0.2, -0.15) is 0 Å². The lowest BCUT2D eigenvalue weighted by molar-refractivity contribution is 0.133. The van der Waals surface area contributed by atoms with E-state index >= 15 is 0 Å². The summed E-state index contributed by atoms with van der Waals surface area (Å²) < 4.78 is 0. The van der Waals surface area contributed by atoms with Crippen molar-refractivity contribution in [1.29, 1.82) is 0 Å². The normalized spacial score (nSPS) is 19.8. The number of hydrogen-bond donors (Lipinski definition) is 1. The third kappa shape index (κ3) is 3.76. The fourth-order valence-electron chi connectivity index (χ4n) is 3.65. The molecule has 1 saturated heterocycles. The molecule has 2 amide bonds. The summed E-state index contributed by atoms with van der Waals surface area (Å²) in [6.45, 7) is 6.42. The van der Waals surface area contributed by atoms with E-state index in [1.165, 1.54) is 23.8 Å². The van der Waals surface area contributed by atoms with E-state index in [4.69, 9.17) is 0 Å². The molecule has 1 N–H and O–H groups in total. The minimum Gasteiger partial charge on any atom is -0.335 e. The van der Waals surface area contributed by atoms with E-state index in [2.05, 4.69) is 46.4 Å². The van der Waals surface area contributed by atoms with E-state index < -0.39 is 0 Å². The molecule has 5 heteroatoms. The molecule has 5 nitrogen and oxygen atoms in total. The van der Waals surface area contributed by atoms with Crippen LogP contribution in [0.1, 0.15) is 25.3 Å². The topological polar surface area (TPSA) is 48.5 Å². The van der Waals surface area contributed by atoms with Gasteiger partial charge < -0.3 is 10.2 Å². The number of fused-ring (bicyclic) bond motifs is 1. The lowest BCUT2D eigenvalue weighted by atomic mass is 10.1.